The summed E-state index contributed by atoms with van der Waals surface area (Å²) in [5.41, 5.74) is -0.691. The van der Waals surface area contributed by atoms with Gasteiger partial charge in [0.25, 0.3) is 5.91 Å². The van der Waals surface area contributed by atoms with Crippen LogP contribution in [-0.2, 0) is 23.9 Å². The molecule has 0 aromatic carbocycles. The van der Waals surface area contributed by atoms with Gasteiger partial charge in [-0.1, -0.05) is 0 Å². The highest BCUT2D eigenvalue weighted by Crippen LogP contribution is 2.27. The van der Waals surface area contributed by atoms with Crippen LogP contribution in [0.2, 0.25) is 0 Å². The predicted molar refractivity (Wildman–Crippen MR) is 76.6 cm³/mol. The quantitative estimate of drug-likeness (QED) is 0.566. The van der Waals surface area contributed by atoms with E-state index < -0.39 is 29.6 Å². The Labute approximate surface area is 130 Å². The normalized spacial score (nSPS) is 21.5. The summed E-state index contributed by atoms with van der Waals surface area (Å²) < 4.78 is 10.00. The number of hydrogen-bond donors (Lipinski definition) is 0. The topological polar surface area (TPSA) is 85.4 Å². The minimum absolute atomic E-state index is 0.0845. The van der Waals surface area contributed by atoms with Crippen molar-refractivity contribution in [3.63, 3.8) is 0 Å². The largest absolute Gasteiger partial charge is 0.467 e. The first-order valence-corrected chi connectivity index (χ1v) is 6.99. The summed E-state index contributed by atoms with van der Waals surface area (Å²) in [4.78, 5) is 42.4. The SMILES string of the molecule is COC(=O)[C@H]1CC(C(=O)N(C)OC)CN1C(=O)OC(C)(C)C. The Kier molecular flexibility index (Phi) is 5.76. The van der Waals surface area contributed by atoms with E-state index in [-0.39, 0.29) is 18.9 Å². The summed E-state index contributed by atoms with van der Waals surface area (Å²) in [7, 11) is 4.09. The van der Waals surface area contributed by atoms with Crippen LogP contribution in [0.3, 0.4) is 0 Å². The number of hydrogen-bond acceptors (Lipinski definition) is 6. The van der Waals surface area contributed by atoms with Crippen LogP contribution in [0.4, 0.5) is 4.79 Å². The second-order valence-electron chi connectivity index (χ2n) is 6.12. The maximum Gasteiger partial charge on any atom is 0.411 e. The molecular formula is C14H24N2O6. The lowest BCUT2D eigenvalue weighted by atomic mass is 10.1. The Hall–Kier alpha value is -1.83. The Morgan fingerprint density at radius 3 is 2.23 bits per heavy atom. The molecule has 8 nitrogen and oxygen atoms in total. The molecule has 0 radical (unpaired) electrons. The van der Waals surface area contributed by atoms with Gasteiger partial charge in [0.1, 0.15) is 11.6 Å². The van der Waals surface area contributed by atoms with E-state index in [1.807, 2.05) is 0 Å². The number of amides is 2. The van der Waals surface area contributed by atoms with Gasteiger partial charge in [0.05, 0.1) is 20.1 Å². The van der Waals surface area contributed by atoms with E-state index in [1.165, 1.54) is 26.2 Å². The highest BCUT2D eigenvalue weighted by molar-refractivity contribution is 5.86. The first-order chi connectivity index (χ1) is 10.1. The fourth-order valence-corrected chi connectivity index (χ4v) is 2.24. The minimum atomic E-state index is -0.834. The van der Waals surface area contributed by atoms with Gasteiger partial charge in [0.2, 0.25) is 0 Å². The zero-order valence-electron chi connectivity index (χ0n) is 13.9. The minimum Gasteiger partial charge on any atom is -0.467 e. The Bertz CT molecular complexity index is 445. The van der Waals surface area contributed by atoms with Crippen molar-refractivity contribution < 1.29 is 28.7 Å². The van der Waals surface area contributed by atoms with E-state index >= 15 is 0 Å². The third-order valence-corrected chi connectivity index (χ3v) is 3.34. The van der Waals surface area contributed by atoms with Gasteiger partial charge < -0.3 is 9.47 Å². The van der Waals surface area contributed by atoms with Crippen LogP contribution in [0.5, 0.6) is 0 Å². The molecule has 1 saturated heterocycles. The molecule has 8 heteroatoms. The highest BCUT2D eigenvalue weighted by atomic mass is 16.7. The Morgan fingerprint density at radius 2 is 1.77 bits per heavy atom. The van der Waals surface area contributed by atoms with Crippen molar-refractivity contribution in [3.8, 4) is 0 Å². The molecule has 0 aliphatic carbocycles. The number of likely N-dealkylation sites (tertiary alicyclic amines) is 1. The van der Waals surface area contributed by atoms with Crippen molar-refractivity contribution in [1.29, 1.82) is 0 Å². The second-order valence-corrected chi connectivity index (χ2v) is 6.12. The van der Waals surface area contributed by atoms with Crippen LogP contribution in [0.25, 0.3) is 0 Å². The van der Waals surface area contributed by atoms with Gasteiger partial charge in [-0.15, -0.1) is 0 Å². The summed E-state index contributed by atoms with van der Waals surface area (Å²) in [6.07, 6.45) is -0.461. The van der Waals surface area contributed by atoms with Crippen LogP contribution in [-0.4, -0.2) is 67.4 Å². The molecule has 1 aliphatic heterocycles. The van der Waals surface area contributed by atoms with E-state index in [2.05, 4.69) is 0 Å². The van der Waals surface area contributed by atoms with Crippen molar-refractivity contribution in [1.82, 2.24) is 9.96 Å². The zero-order valence-corrected chi connectivity index (χ0v) is 13.9. The van der Waals surface area contributed by atoms with Gasteiger partial charge in [0, 0.05) is 13.6 Å². The average Bonchev–Trinajstić information content (AvgIpc) is 2.88. The summed E-state index contributed by atoms with van der Waals surface area (Å²) in [5.74, 6) is -1.41. The van der Waals surface area contributed by atoms with Crippen molar-refractivity contribution in [2.24, 2.45) is 5.92 Å². The molecule has 0 aromatic rings. The van der Waals surface area contributed by atoms with E-state index in [0.29, 0.717) is 0 Å². The molecular weight excluding hydrogens is 292 g/mol. The van der Waals surface area contributed by atoms with Gasteiger partial charge in [-0.3, -0.25) is 14.5 Å². The average molecular weight is 316 g/mol. The zero-order chi connectivity index (χ0) is 17.1. The number of ether oxygens (including phenoxy) is 2. The van der Waals surface area contributed by atoms with Crippen molar-refractivity contribution in [2.45, 2.75) is 38.8 Å². The standard InChI is InChI=1S/C14H24N2O6/c1-14(2,3)22-13(19)16-8-9(11(17)15(4)21-6)7-10(16)12(18)20-5/h9-10H,7-8H2,1-6H3/t9?,10-/m1/s1. The summed E-state index contributed by atoms with van der Waals surface area (Å²) >= 11 is 0. The molecule has 2 atom stereocenters. The fraction of sp³-hybridized carbons (Fsp3) is 0.786. The molecule has 2 amide bonds. The molecule has 1 heterocycles. The molecule has 0 aromatic heterocycles. The van der Waals surface area contributed by atoms with Gasteiger partial charge in [-0.05, 0) is 27.2 Å². The van der Waals surface area contributed by atoms with E-state index in [4.69, 9.17) is 14.3 Å². The van der Waals surface area contributed by atoms with Crippen LogP contribution in [0, 0.1) is 5.92 Å². The summed E-state index contributed by atoms with van der Waals surface area (Å²) in [5, 5.41) is 1.08. The molecule has 0 N–H and O–H groups in total. The molecule has 0 bridgehead atoms. The number of carbonyl (C=O) groups excluding carboxylic acids is 3. The summed E-state index contributed by atoms with van der Waals surface area (Å²) in [6.45, 7) is 5.28. The van der Waals surface area contributed by atoms with Crippen molar-refractivity contribution >= 4 is 18.0 Å². The van der Waals surface area contributed by atoms with E-state index in [9.17, 15) is 14.4 Å². The molecule has 0 spiro atoms. The molecule has 1 aliphatic rings. The number of rotatable bonds is 3. The van der Waals surface area contributed by atoms with Crippen LogP contribution in [0.1, 0.15) is 27.2 Å². The number of nitrogens with zero attached hydrogens (tertiary/aromatic N) is 2. The number of esters is 1. The predicted octanol–water partition coefficient (Wildman–Crippen LogP) is 0.805. The Balaban J connectivity index is 2.91. The van der Waals surface area contributed by atoms with Crippen LogP contribution in [0.15, 0.2) is 0 Å². The molecule has 126 valence electrons. The number of hydroxylamine groups is 2. The molecule has 1 rings (SSSR count). The van der Waals surface area contributed by atoms with Crippen molar-refractivity contribution in [2.75, 3.05) is 27.8 Å². The second kappa shape index (κ2) is 6.95. The molecule has 1 unspecified atom stereocenters. The lowest BCUT2D eigenvalue weighted by Crippen LogP contribution is -2.44. The van der Waals surface area contributed by atoms with Gasteiger partial charge >= 0.3 is 12.1 Å². The van der Waals surface area contributed by atoms with E-state index in [0.717, 1.165) is 5.06 Å². The lowest BCUT2D eigenvalue weighted by molar-refractivity contribution is -0.172. The third kappa shape index (κ3) is 4.33. The smallest absolute Gasteiger partial charge is 0.411 e. The van der Waals surface area contributed by atoms with Gasteiger partial charge in [-0.2, -0.15) is 0 Å². The molecule has 1 fully saturated rings. The van der Waals surface area contributed by atoms with Gasteiger partial charge in [-0.25, -0.2) is 14.7 Å². The number of carbonyl (C=O) groups is 3. The molecule has 22 heavy (non-hydrogen) atoms. The van der Waals surface area contributed by atoms with Crippen LogP contribution < -0.4 is 0 Å². The fourth-order valence-electron chi connectivity index (χ4n) is 2.24. The Morgan fingerprint density at radius 1 is 1.18 bits per heavy atom. The molecule has 0 saturated carbocycles. The first kappa shape index (κ1) is 18.2. The monoisotopic (exact) mass is 316 g/mol. The summed E-state index contributed by atoms with van der Waals surface area (Å²) in [6, 6.07) is -0.834. The maximum atomic E-state index is 12.2. The van der Waals surface area contributed by atoms with Crippen molar-refractivity contribution in [3.05, 3.63) is 0 Å². The van der Waals surface area contributed by atoms with E-state index in [1.54, 1.807) is 20.8 Å². The first-order valence-electron chi connectivity index (χ1n) is 6.99. The highest BCUT2D eigenvalue weighted by Gasteiger charge is 2.45. The maximum absolute atomic E-state index is 12.2. The van der Waals surface area contributed by atoms with Crippen LogP contribution >= 0.6 is 0 Å². The third-order valence-electron chi connectivity index (χ3n) is 3.34. The van der Waals surface area contributed by atoms with Gasteiger partial charge in [0.15, 0.2) is 0 Å². The number of methoxy groups -OCH3 is 1. The lowest BCUT2D eigenvalue weighted by Gasteiger charge is -2.27.